The Kier molecular flexibility index (Phi) is 6.31. The average molecular weight is 346 g/mol. The molecule has 1 saturated heterocycles. The summed E-state index contributed by atoms with van der Waals surface area (Å²) in [5.41, 5.74) is 5.76. The van der Waals surface area contributed by atoms with E-state index in [0.717, 1.165) is 5.56 Å². The van der Waals surface area contributed by atoms with E-state index >= 15 is 0 Å². The van der Waals surface area contributed by atoms with Crippen LogP contribution in [0.15, 0.2) is 30.3 Å². The van der Waals surface area contributed by atoms with Gasteiger partial charge < -0.3 is 15.8 Å². The van der Waals surface area contributed by atoms with E-state index < -0.39 is 17.4 Å². The smallest absolute Gasteiger partial charge is 0.223 e. The van der Waals surface area contributed by atoms with Crippen molar-refractivity contribution in [3.63, 3.8) is 0 Å². The molecule has 1 aliphatic heterocycles. The predicted molar refractivity (Wildman–Crippen MR) is 93.7 cm³/mol. The molecule has 1 aromatic carbocycles. The number of Topliss-reactive ketones (excluding diaryl/α,β-unsaturated/α-hetero) is 1. The van der Waals surface area contributed by atoms with E-state index in [1.165, 1.54) is 0 Å². The summed E-state index contributed by atoms with van der Waals surface area (Å²) in [5, 5.41) is 2.74. The number of benzene rings is 1. The van der Waals surface area contributed by atoms with Crippen molar-refractivity contribution in [3.05, 3.63) is 35.9 Å². The minimum atomic E-state index is -0.820. The quantitative estimate of drug-likeness (QED) is 0.742. The lowest BCUT2D eigenvalue weighted by molar-refractivity contribution is -0.129. The molecule has 25 heavy (non-hydrogen) atoms. The van der Waals surface area contributed by atoms with Gasteiger partial charge in [-0.3, -0.25) is 14.4 Å². The van der Waals surface area contributed by atoms with Gasteiger partial charge in [-0.25, -0.2) is 0 Å². The molecule has 3 atom stereocenters. The van der Waals surface area contributed by atoms with Crippen molar-refractivity contribution in [1.29, 1.82) is 0 Å². The van der Waals surface area contributed by atoms with Gasteiger partial charge in [0.2, 0.25) is 11.8 Å². The molecule has 0 aliphatic carbocycles. The molecule has 0 radical (unpaired) electrons. The van der Waals surface area contributed by atoms with Crippen LogP contribution >= 0.6 is 0 Å². The fourth-order valence-electron chi connectivity index (χ4n) is 3.09. The van der Waals surface area contributed by atoms with Crippen molar-refractivity contribution < 1.29 is 19.1 Å². The van der Waals surface area contributed by atoms with Gasteiger partial charge in [0.15, 0.2) is 5.78 Å². The third kappa shape index (κ3) is 4.89. The molecule has 0 spiro atoms. The average Bonchev–Trinajstić information content (AvgIpc) is 2.94. The van der Waals surface area contributed by atoms with Crippen LogP contribution in [0.3, 0.4) is 0 Å². The first-order chi connectivity index (χ1) is 11.9. The molecule has 0 aromatic heterocycles. The maximum absolute atomic E-state index is 12.3. The molecule has 3 N–H and O–H groups in total. The summed E-state index contributed by atoms with van der Waals surface area (Å²) in [6, 6.07) is 8.98. The maximum atomic E-state index is 12.3. The number of carbonyl (C=O) groups excluding carboxylic acids is 3. The van der Waals surface area contributed by atoms with E-state index in [2.05, 4.69) is 5.32 Å². The molecule has 2 rings (SSSR count). The number of nitrogens with one attached hydrogen (secondary N) is 1. The van der Waals surface area contributed by atoms with E-state index in [9.17, 15) is 14.4 Å². The highest BCUT2D eigenvalue weighted by Gasteiger charge is 2.37. The van der Waals surface area contributed by atoms with Gasteiger partial charge in [0.25, 0.3) is 0 Å². The maximum Gasteiger partial charge on any atom is 0.223 e. The van der Waals surface area contributed by atoms with Gasteiger partial charge in [-0.05, 0) is 24.8 Å². The van der Waals surface area contributed by atoms with Crippen LogP contribution in [0.25, 0.3) is 0 Å². The molecule has 2 amide bonds. The first kappa shape index (κ1) is 19.1. The lowest BCUT2D eigenvalue weighted by Crippen LogP contribution is -2.45. The van der Waals surface area contributed by atoms with E-state index in [1.54, 1.807) is 6.92 Å². The van der Waals surface area contributed by atoms with Crippen molar-refractivity contribution in [3.8, 4) is 0 Å². The monoisotopic (exact) mass is 346 g/mol. The number of hydrogen-bond acceptors (Lipinski definition) is 4. The van der Waals surface area contributed by atoms with Gasteiger partial charge in [-0.2, -0.15) is 0 Å². The second-order valence-corrected chi connectivity index (χ2v) is 6.86. The predicted octanol–water partition coefficient (Wildman–Crippen LogP) is 1.36. The minimum absolute atomic E-state index is 0.0382. The molecule has 0 bridgehead atoms. The van der Waals surface area contributed by atoms with Gasteiger partial charge >= 0.3 is 0 Å². The summed E-state index contributed by atoms with van der Waals surface area (Å²) in [6.07, 6.45) is 1.31. The highest BCUT2D eigenvalue weighted by atomic mass is 16.5. The third-order valence-corrected chi connectivity index (χ3v) is 4.81. The number of ether oxygens (including phenoxy) is 1. The standard InChI is InChI=1S/C19H26N2O4/c1-3-15-17(14(22)12-25-15)21-16(23)9-10-19(2,18(20)24)11-13-7-5-4-6-8-13/h4-8,15,17H,3,9-12H2,1-2H3,(H2,20,24)(H,21,23). The molecule has 1 heterocycles. The van der Waals surface area contributed by atoms with Crippen LogP contribution in [0.5, 0.6) is 0 Å². The Balaban J connectivity index is 1.95. The van der Waals surface area contributed by atoms with Gasteiger partial charge in [-0.15, -0.1) is 0 Å². The second-order valence-electron chi connectivity index (χ2n) is 6.86. The number of amides is 2. The zero-order valence-corrected chi connectivity index (χ0v) is 14.8. The molecule has 6 nitrogen and oxygen atoms in total. The van der Waals surface area contributed by atoms with Crippen molar-refractivity contribution in [2.45, 2.75) is 51.7 Å². The highest BCUT2D eigenvalue weighted by molar-refractivity contribution is 5.92. The van der Waals surface area contributed by atoms with Crippen LogP contribution < -0.4 is 11.1 Å². The number of primary amides is 1. The molecular formula is C19H26N2O4. The van der Waals surface area contributed by atoms with Crippen molar-refractivity contribution >= 4 is 17.6 Å². The largest absolute Gasteiger partial charge is 0.369 e. The molecule has 136 valence electrons. The fraction of sp³-hybridized carbons (Fsp3) is 0.526. The first-order valence-corrected chi connectivity index (χ1v) is 8.63. The third-order valence-electron chi connectivity index (χ3n) is 4.81. The number of hydrogen-bond donors (Lipinski definition) is 2. The molecule has 1 aromatic rings. The molecule has 1 aliphatic rings. The lowest BCUT2D eigenvalue weighted by atomic mass is 9.79. The molecule has 6 heteroatoms. The van der Waals surface area contributed by atoms with Crippen molar-refractivity contribution in [1.82, 2.24) is 5.32 Å². The van der Waals surface area contributed by atoms with Gasteiger partial charge in [0.1, 0.15) is 12.6 Å². The molecule has 1 fully saturated rings. The van der Waals surface area contributed by atoms with Crippen molar-refractivity contribution in [2.24, 2.45) is 11.1 Å². The zero-order chi connectivity index (χ0) is 18.4. The Bertz CT molecular complexity index is 632. The van der Waals surface area contributed by atoms with Crippen LogP contribution in [0.4, 0.5) is 0 Å². The summed E-state index contributed by atoms with van der Waals surface area (Å²) in [4.78, 5) is 36.0. The van der Waals surface area contributed by atoms with E-state index in [4.69, 9.17) is 10.5 Å². The summed E-state index contributed by atoms with van der Waals surface area (Å²) in [6.45, 7) is 3.72. The van der Waals surface area contributed by atoms with Crippen LogP contribution in [0, 0.1) is 5.41 Å². The summed E-state index contributed by atoms with van der Waals surface area (Å²) in [7, 11) is 0. The summed E-state index contributed by atoms with van der Waals surface area (Å²) < 4.78 is 5.35. The van der Waals surface area contributed by atoms with Crippen LogP contribution in [0.1, 0.15) is 38.7 Å². The van der Waals surface area contributed by atoms with Crippen LogP contribution in [-0.2, 0) is 25.5 Å². The second kappa shape index (κ2) is 8.25. The van der Waals surface area contributed by atoms with Crippen LogP contribution in [-0.4, -0.2) is 36.4 Å². The molecule has 3 unspecified atom stereocenters. The van der Waals surface area contributed by atoms with Gasteiger partial charge in [0.05, 0.1) is 11.5 Å². The zero-order valence-electron chi connectivity index (χ0n) is 14.8. The first-order valence-electron chi connectivity index (χ1n) is 8.63. The fourth-order valence-corrected chi connectivity index (χ4v) is 3.09. The Hall–Kier alpha value is -2.21. The Labute approximate surface area is 148 Å². The number of nitrogens with two attached hydrogens (primary N) is 1. The Morgan fingerprint density at radius 1 is 1.32 bits per heavy atom. The molecule has 0 saturated carbocycles. The summed E-state index contributed by atoms with van der Waals surface area (Å²) in [5.74, 6) is -0.805. The Morgan fingerprint density at radius 3 is 2.60 bits per heavy atom. The minimum Gasteiger partial charge on any atom is -0.369 e. The number of carbonyl (C=O) groups is 3. The Morgan fingerprint density at radius 2 is 2.00 bits per heavy atom. The van der Waals surface area contributed by atoms with Crippen LogP contribution in [0.2, 0.25) is 0 Å². The van der Waals surface area contributed by atoms with Gasteiger partial charge in [0, 0.05) is 6.42 Å². The van der Waals surface area contributed by atoms with Crippen molar-refractivity contribution in [2.75, 3.05) is 6.61 Å². The van der Waals surface area contributed by atoms with E-state index in [1.807, 2.05) is 37.3 Å². The normalized spacial score (nSPS) is 22.4. The van der Waals surface area contributed by atoms with Gasteiger partial charge in [-0.1, -0.05) is 44.2 Å². The highest BCUT2D eigenvalue weighted by Crippen LogP contribution is 2.28. The van der Waals surface area contributed by atoms with E-state index in [-0.39, 0.29) is 30.8 Å². The van der Waals surface area contributed by atoms with E-state index in [0.29, 0.717) is 19.3 Å². The molecular weight excluding hydrogens is 320 g/mol. The number of rotatable bonds is 8. The number of ketones is 1. The summed E-state index contributed by atoms with van der Waals surface area (Å²) >= 11 is 0. The SMILES string of the molecule is CCC1OCC(=O)C1NC(=O)CCC(C)(Cc1ccccc1)C(N)=O. The topological polar surface area (TPSA) is 98.5 Å². The lowest BCUT2D eigenvalue weighted by Gasteiger charge is -2.26.